The molecule has 0 fully saturated rings. The third-order valence-electron chi connectivity index (χ3n) is 4.45. The van der Waals surface area contributed by atoms with Crippen LogP contribution in [-0.4, -0.2) is 34.8 Å². The smallest absolute Gasteiger partial charge is 0.306 e. The number of aromatic nitrogens is 3. The van der Waals surface area contributed by atoms with Gasteiger partial charge in [-0.05, 0) is 37.8 Å². The van der Waals surface area contributed by atoms with Gasteiger partial charge in [0.25, 0.3) is 5.56 Å². The number of imidazole rings is 2. The standard InChI is InChI=1S/C16H19F3N4O3S/c1-10-13-15(24)22-12-8-7-11(14(21-10)23(12)13)6-4-2-3-5-9-20-27(25,26)16(17,18)19/h7-8,20H,2-6,9H2,1H3,(H,22,24). The van der Waals surface area contributed by atoms with E-state index in [1.54, 1.807) is 16.0 Å². The number of hydrogen-bond acceptors (Lipinski definition) is 4. The molecule has 0 amide bonds. The summed E-state index contributed by atoms with van der Waals surface area (Å²) in [4.78, 5) is 19.2. The highest BCUT2D eigenvalue weighted by Gasteiger charge is 2.45. The zero-order chi connectivity index (χ0) is 19.8. The molecular weight excluding hydrogens is 385 g/mol. The zero-order valence-electron chi connectivity index (χ0n) is 14.6. The van der Waals surface area contributed by atoms with E-state index in [4.69, 9.17) is 0 Å². The fourth-order valence-corrected chi connectivity index (χ4v) is 3.70. The minimum absolute atomic E-state index is 0.173. The van der Waals surface area contributed by atoms with E-state index in [2.05, 4.69) is 9.97 Å². The van der Waals surface area contributed by atoms with Gasteiger partial charge < -0.3 is 4.98 Å². The number of halogens is 3. The molecule has 3 heterocycles. The lowest BCUT2D eigenvalue weighted by molar-refractivity contribution is -0.0447. The van der Waals surface area contributed by atoms with Crippen molar-refractivity contribution in [3.8, 4) is 0 Å². The van der Waals surface area contributed by atoms with Gasteiger partial charge in [0.1, 0.15) is 16.8 Å². The van der Waals surface area contributed by atoms with Crippen molar-refractivity contribution < 1.29 is 21.6 Å². The van der Waals surface area contributed by atoms with Crippen LogP contribution in [0.3, 0.4) is 0 Å². The lowest BCUT2D eigenvalue weighted by Gasteiger charge is -2.09. The number of hydrogen-bond donors (Lipinski definition) is 2. The topological polar surface area (TPSA) is 96.3 Å². The first-order valence-electron chi connectivity index (χ1n) is 8.50. The second-order valence-corrected chi connectivity index (χ2v) is 8.17. The second kappa shape index (κ2) is 7.12. The van der Waals surface area contributed by atoms with Gasteiger partial charge in [0, 0.05) is 6.54 Å². The van der Waals surface area contributed by atoms with Gasteiger partial charge in [-0.3, -0.25) is 9.20 Å². The van der Waals surface area contributed by atoms with Crippen LogP contribution in [-0.2, 0) is 16.4 Å². The van der Waals surface area contributed by atoms with Crippen molar-refractivity contribution >= 4 is 26.8 Å². The molecule has 7 nitrogen and oxygen atoms in total. The van der Waals surface area contributed by atoms with E-state index in [-0.39, 0.29) is 12.1 Å². The Kier molecular flexibility index (Phi) is 5.17. The van der Waals surface area contributed by atoms with Crippen molar-refractivity contribution in [1.82, 2.24) is 19.1 Å². The molecule has 0 aliphatic rings. The summed E-state index contributed by atoms with van der Waals surface area (Å²) in [6.45, 7) is 1.54. The van der Waals surface area contributed by atoms with E-state index < -0.39 is 15.5 Å². The van der Waals surface area contributed by atoms with Crippen LogP contribution in [0.5, 0.6) is 0 Å². The van der Waals surface area contributed by atoms with Gasteiger partial charge in [-0.2, -0.15) is 13.2 Å². The number of sulfonamides is 1. The van der Waals surface area contributed by atoms with Crippen molar-refractivity contribution in [2.75, 3.05) is 6.54 Å². The fraction of sp³-hybridized carbons (Fsp3) is 0.500. The number of aromatic amines is 1. The molecule has 0 saturated heterocycles. The summed E-state index contributed by atoms with van der Waals surface area (Å²) >= 11 is 0. The summed E-state index contributed by atoms with van der Waals surface area (Å²) in [5, 5.41) is 0. The Morgan fingerprint density at radius 3 is 2.59 bits per heavy atom. The van der Waals surface area contributed by atoms with Crippen LogP contribution in [0.2, 0.25) is 0 Å². The van der Waals surface area contributed by atoms with Crippen molar-refractivity contribution in [2.45, 2.75) is 44.5 Å². The molecule has 27 heavy (non-hydrogen) atoms. The molecule has 0 unspecified atom stereocenters. The van der Waals surface area contributed by atoms with Crippen LogP contribution >= 0.6 is 0 Å². The van der Waals surface area contributed by atoms with Gasteiger partial charge in [-0.15, -0.1) is 0 Å². The molecule has 0 spiro atoms. The van der Waals surface area contributed by atoms with Gasteiger partial charge in [0.15, 0.2) is 0 Å². The summed E-state index contributed by atoms with van der Waals surface area (Å²) < 4.78 is 61.6. The average Bonchev–Trinajstić information content (AvgIpc) is 3.09. The Morgan fingerprint density at radius 1 is 1.19 bits per heavy atom. The first kappa shape index (κ1) is 19.6. The molecule has 3 rings (SSSR count). The highest BCUT2D eigenvalue weighted by Crippen LogP contribution is 2.22. The lowest BCUT2D eigenvalue weighted by atomic mass is 10.1. The van der Waals surface area contributed by atoms with Gasteiger partial charge >= 0.3 is 15.5 Å². The summed E-state index contributed by atoms with van der Waals surface area (Å²) in [6.07, 6.45) is 3.17. The van der Waals surface area contributed by atoms with Crippen LogP contribution in [0.25, 0.3) is 16.8 Å². The molecule has 3 aromatic heterocycles. The molecule has 0 aliphatic heterocycles. The van der Waals surface area contributed by atoms with E-state index in [0.717, 1.165) is 24.1 Å². The van der Waals surface area contributed by atoms with Crippen LogP contribution in [0.1, 0.15) is 36.9 Å². The predicted octanol–water partition coefficient (Wildman–Crippen LogP) is 2.46. The quantitative estimate of drug-likeness (QED) is 0.564. The van der Waals surface area contributed by atoms with E-state index in [1.807, 2.05) is 12.1 Å². The molecule has 0 aromatic carbocycles. The van der Waals surface area contributed by atoms with Crippen molar-refractivity contribution in [1.29, 1.82) is 0 Å². The maximum atomic E-state index is 12.2. The number of alkyl halides is 3. The Labute approximate surface area is 153 Å². The van der Waals surface area contributed by atoms with Gasteiger partial charge in [0.05, 0.1) is 5.69 Å². The van der Waals surface area contributed by atoms with Crippen molar-refractivity contribution in [3.63, 3.8) is 0 Å². The predicted molar refractivity (Wildman–Crippen MR) is 94.4 cm³/mol. The summed E-state index contributed by atoms with van der Waals surface area (Å²) in [6, 6.07) is 3.73. The Bertz CT molecular complexity index is 1100. The fourth-order valence-electron chi connectivity index (χ4n) is 3.12. The van der Waals surface area contributed by atoms with Gasteiger partial charge in [-0.1, -0.05) is 18.9 Å². The van der Waals surface area contributed by atoms with Crippen molar-refractivity contribution in [3.05, 3.63) is 33.7 Å². The third kappa shape index (κ3) is 3.79. The van der Waals surface area contributed by atoms with Crippen LogP contribution < -0.4 is 10.3 Å². The van der Waals surface area contributed by atoms with Crippen LogP contribution in [0.15, 0.2) is 16.9 Å². The largest absolute Gasteiger partial charge is 0.511 e. The minimum atomic E-state index is -5.27. The highest BCUT2D eigenvalue weighted by molar-refractivity contribution is 7.90. The second-order valence-electron chi connectivity index (χ2n) is 6.41. The Hall–Kier alpha value is -2.14. The third-order valence-corrected chi connectivity index (χ3v) is 5.64. The van der Waals surface area contributed by atoms with Crippen LogP contribution in [0.4, 0.5) is 13.2 Å². The molecule has 0 radical (unpaired) electrons. The number of nitrogens with one attached hydrogen (secondary N) is 2. The summed E-state index contributed by atoms with van der Waals surface area (Å²) in [7, 11) is -5.26. The average molecular weight is 404 g/mol. The monoisotopic (exact) mass is 404 g/mol. The summed E-state index contributed by atoms with van der Waals surface area (Å²) in [5.41, 5.74) is -1.83. The molecule has 0 bridgehead atoms. The van der Waals surface area contributed by atoms with Crippen LogP contribution in [0, 0.1) is 6.92 Å². The number of nitrogens with zero attached hydrogens (tertiary/aromatic N) is 2. The SMILES string of the molecule is Cc1nc2c(CCCCCCNS(=O)(=O)C(F)(F)F)ccc3[nH]c(=O)c1n32. The number of unbranched alkanes of at least 4 members (excludes halogenated alkanes) is 3. The van der Waals surface area contributed by atoms with E-state index in [9.17, 15) is 26.4 Å². The zero-order valence-corrected chi connectivity index (χ0v) is 15.4. The molecule has 0 aliphatic carbocycles. The molecule has 0 atom stereocenters. The molecule has 148 valence electrons. The maximum Gasteiger partial charge on any atom is 0.511 e. The first-order valence-corrected chi connectivity index (χ1v) is 9.98. The van der Waals surface area contributed by atoms with Crippen molar-refractivity contribution in [2.24, 2.45) is 0 Å². The maximum absolute atomic E-state index is 12.2. The molecule has 11 heteroatoms. The molecule has 0 saturated carbocycles. The number of aryl methyl sites for hydroxylation is 2. The van der Waals surface area contributed by atoms with Gasteiger partial charge in [-0.25, -0.2) is 18.1 Å². The van der Waals surface area contributed by atoms with E-state index in [1.165, 1.54) is 0 Å². The molecule has 2 N–H and O–H groups in total. The Morgan fingerprint density at radius 2 is 1.89 bits per heavy atom. The Balaban J connectivity index is 1.51. The minimum Gasteiger partial charge on any atom is -0.306 e. The van der Waals surface area contributed by atoms with E-state index in [0.29, 0.717) is 36.1 Å². The highest BCUT2D eigenvalue weighted by atomic mass is 32.2. The van der Waals surface area contributed by atoms with E-state index >= 15 is 0 Å². The number of pyridine rings is 1. The number of H-pyrrole nitrogens is 1. The first-order chi connectivity index (χ1) is 12.6. The lowest BCUT2D eigenvalue weighted by Crippen LogP contribution is -2.36. The van der Waals surface area contributed by atoms with Gasteiger partial charge in [0.2, 0.25) is 0 Å². The number of rotatable bonds is 8. The molecule has 3 aromatic rings. The normalized spacial score (nSPS) is 13.2. The summed E-state index contributed by atoms with van der Waals surface area (Å²) in [5.74, 6) is 0. The molecular formula is C16H19F3N4O3S.